The third-order valence-corrected chi connectivity index (χ3v) is 7.26. The van der Waals surface area contributed by atoms with Crippen molar-refractivity contribution in [3.63, 3.8) is 0 Å². The molecule has 0 radical (unpaired) electrons. The summed E-state index contributed by atoms with van der Waals surface area (Å²) in [6, 6.07) is 21.2. The number of benzene rings is 3. The van der Waals surface area contributed by atoms with Gasteiger partial charge in [0.15, 0.2) is 16.7 Å². The molecule has 6 rings (SSSR count). The molecule has 2 amide bonds. The maximum atomic E-state index is 13.5. The predicted molar refractivity (Wildman–Crippen MR) is 142 cm³/mol. The molecule has 8 heteroatoms. The normalized spacial score (nSPS) is 17.1. The summed E-state index contributed by atoms with van der Waals surface area (Å²) >= 11 is 1.28. The number of hydrogen-bond donors (Lipinski definition) is 0. The van der Waals surface area contributed by atoms with Crippen LogP contribution in [0.2, 0.25) is 0 Å². The second kappa shape index (κ2) is 9.20. The van der Waals surface area contributed by atoms with Gasteiger partial charge in [-0.15, -0.1) is 0 Å². The highest BCUT2D eigenvalue weighted by molar-refractivity contribution is 8.14. The lowest BCUT2D eigenvalue weighted by molar-refractivity contribution is -0.116. The first-order chi connectivity index (χ1) is 17.6. The molecule has 0 aromatic heterocycles. The molecule has 0 unspecified atom stereocenters. The molecule has 0 fully saturated rings. The van der Waals surface area contributed by atoms with Gasteiger partial charge in [0.2, 0.25) is 12.7 Å². The van der Waals surface area contributed by atoms with Crippen LogP contribution in [-0.2, 0) is 16.0 Å². The third kappa shape index (κ3) is 4.13. The molecular weight excluding hydrogens is 474 g/mol. The van der Waals surface area contributed by atoms with Crippen LogP contribution in [0, 0.1) is 6.92 Å². The van der Waals surface area contributed by atoms with Crippen LogP contribution in [0.25, 0.3) is 6.08 Å². The number of para-hydroxylation sites is 1. The molecule has 36 heavy (non-hydrogen) atoms. The number of fused-ring (bicyclic) bond motifs is 2. The van der Waals surface area contributed by atoms with Crippen molar-refractivity contribution < 1.29 is 19.1 Å². The van der Waals surface area contributed by atoms with Crippen LogP contribution in [0.3, 0.4) is 0 Å². The molecule has 0 spiro atoms. The Morgan fingerprint density at radius 2 is 1.86 bits per heavy atom. The molecule has 0 bridgehead atoms. The first kappa shape index (κ1) is 22.4. The molecule has 3 heterocycles. The van der Waals surface area contributed by atoms with Crippen LogP contribution < -0.4 is 19.3 Å². The van der Waals surface area contributed by atoms with Gasteiger partial charge in [0.1, 0.15) is 5.70 Å². The molecule has 180 valence electrons. The van der Waals surface area contributed by atoms with E-state index in [0.717, 1.165) is 23.2 Å². The molecule has 0 saturated heterocycles. The largest absolute Gasteiger partial charge is 0.454 e. The highest BCUT2D eigenvalue weighted by atomic mass is 32.2. The van der Waals surface area contributed by atoms with Gasteiger partial charge in [0.25, 0.3) is 5.91 Å². The standard InChI is InChI=1S/C28H23N3O4S/c1-18-6-9-21(10-7-18)31-27(33)22(14-19-8-11-24-25(15-19)35-17-34-24)29-28(31)36-16-26(32)30-13-12-20-4-2-3-5-23(20)30/h2-11,14-15H,12-13,16-17H2,1H3/b22-14+. The molecule has 0 saturated carbocycles. The number of aliphatic imine (C=N–C) groups is 1. The number of thioether (sulfide) groups is 1. The van der Waals surface area contributed by atoms with E-state index in [1.54, 1.807) is 11.0 Å². The van der Waals surface area contributed by atoms with Crippen LogP contribution in [0.15, 0.2) is 77.4 Å². The molecule has 0 N–H and O–H groups in total. The van der Waals surface area contributed by atoms with Crippen molar-refractivity contribution in [3.8, 4) is 11.5 Å². The minimum atomic E-state index is -0.238. The molecular formula is C28H23N3O4S. The van der Waals surface area contributed by atoms with E-state index in [2.05, 4.69) is 11.1 Å². The first-order valence-corrected chi connectivity index (χ1v) is 12.7. The molecule has 3 aromatic rings. The Morgan fingerprint density at radius 1 is 1.06 bits per heavy atom. The van der Waals surface area contributed by atoms with Gasteiger partial charge in [-0.25, -0.2) is 4.99 Å². The number of nitrogens with zero attached hydrogens (tertiary/aromatic N) is 3. The van der Waals surface area contributed by atoms with E-state index in [4.69, 9.17) is 9.47 Å². The number of ether oxygens (including phenoxy) is 2. The number of aryl methyl sites for hydroxylation is 1. The van der Waals surface area contributed by atoms with E-state index >= 15 is 0 Å². The van der Waals surface area contributed by atoms with Gasteiger partial charge >= 0.3 is 0 Å². The van der Waals surface area contributed by atoms with Crippen LogP contribution >= 0.6 is 11.8 Å². The summed E-state index contributed by atoms with van der Waals surface area (Å²) in [4.78, 5) is 34.7. The Balaban J connectivity index is 1.27. The smallest absolute Gasteiger partial charge is 0.283 e. The number of carbonyl (C=O) groups is 2. The number of hydrogen-bond acceptors (Lipinski definition) is 6. The second-order valence-electron chi connectivity index (χ2n) is 8.73. The fourth-order valence-corrected chi connectivity index (χ4v) is 5.37. The SMILES string of the molecule is Cc1ccc(N2C(=O)/C(=C\c3ccc4c(c3)OCO4)N=C2SCC(=O)N2CCc3ccccc32)cc1. The van der Waals surface area contributed by atoms with Crippen molar-refractivity contribution in [2.75, 3.05) is 28.9 Å². The topological polar surface area (TPSA) is 71.4 Å². The molecule has 3 aliphatic rings. The van der Waals surface area contributed by atoms with E-state index in [9.17, 15) is 9.59 Å². The van der Waals surface area contributed by atoms with Crippen molar-refractivity contribution in [3.05, 3.63) is 89.1 Å². The molecule has 0 aliphatic carbocycles. The van der Waals surface area contributed by atoms with Crippen molar-refractivity contribution in [2.45, 2.75) is 13.3 Å². The Hall–Kier alpha value is -4.04. The van der Waals surface area contributed by atoms with E-state index < -0.39 is 0 Å². The Labute approximate surface area is 213 Å². The van der Waals surface area contributed by atoms with Crippen LogP contribution in [0.1, 0.15) is 16.7 Å². The highest BCUT2D eigenvalue weighted by Crippen LogP contribution is 2.35. The van der Waals surface area contributed by atoms with Gasteiger partial charge in [0, 0.05) is 12.2 Å². The zero-order valence-corrected chi connectivity index (χ0v) is 20.5. The van der Waals surface area contributed by atoms with Crippen molar-refractivity contribution in [1.82, 2.24) is 0 Å². The Bertz CT molecular complexity index is 1430. The molecule has 3 aromatic carbocycles. The van der Waals surface area contributed by atoms with E-state index in [1.165, 1.54) is 17.3 Å². The zero-order valence-electron chi connectivity index (χ0n) is 19.6. The van der Waals surface area contributed by atoms with Crippen LogP contribution in [-0.4, -0.2) is 36.1 Å². The summed E-state index contributed by atoms with van der Waals surface area (Å²) in [5, 5.41) is 0.483. The summed E-state index contributed by atoms with van der Waals surface area (Å²) in [6.07, 6.45) is 2.58. The van der Waals surface area contributed by atoms with Crippen LogP contribution in [0.4, 0.5) is 11.4 Å². The summed E-state index contributed by atoms with van der Waals surface area (Å²) in [5.74, 6) is 1.26. The van der Waals surface area contributed by atoms with Crippen molar-refractivity contribution >= 4 is 46.2 Å². The highest BCUT2D eigenvalue weighted by Gasteiger charge is 2.33. The summed E-state index contributed by atoms with van der Waals surface area (Å²) in [5.41, 5.74) is 5.04. The molecule has 7 nitrogen and oxygen atoms in total. The van der Waals surface area contributed by atoms with Crippen LogP contribution in [0.5, 0.6) is 11.5 Å². The fourth-order valence-electron chi connectivity index (χ4n) is 4.48. The van der Waals surface area contributed by atoms with Gasteiger partial charge in [0.05, 0.1) is 11.4 Å². The van der Waals surface area contributed by atoms with E-state index in [1.807, 2.05) is 72.5 Å². The lowest BCUT2D eigenvalue weighted by Crippen LogP contribution is -2.34. The Kier molecular flexibility index (Phi) is 5.73. The van der Waals surface area contributed by atoms with E-state index in [-0.39, 0.29) is 24.4 Å². The number of rotatable bonds is 4. The van der Waals surface area contributed by atoms with E-state index in [0.29, 0.717) is 34.6 Å². The van der Waals surface area contributed by atoms with Gasteiger partial charge < -0.3 is 14.4 Å². The van der Waals surface area contributed by atoms with Crippen molar-refractivity contribution in [1.29, 1.82) is 0 Å². The lowest BCUT2D eigenvalue weighted by atomic mass is 10.1. The van der Waals surface area contributed by atoms with Gasteiger partial charge in [-0.3, -0.25) is 14.5 Å². The van der Waals surface area contributed by atoms with Gasteiger partial charge in [-0.1, -0.05) is 53.7 Å². The Morgan fingerprint density at radius 3 is 2.72 bits per heavy atom. The molecule has 0 atom stereocenters. The fraction of sp³-hybridized carbons (Fsp3) is 0.179. The maximum Gasteiger partial charge on any atom is 0.283 e. The summed E-state index contributed by atoms with van der Waals surface area (Å²) in [6.45, 7) is 2.85. The minimum Gasteiger partial charge on any atom is -0.454 e. The number of carbonyl (C=O) groups excluding carboxylic acids is 2. The summed E-state index contributed by atoms with van der Waals surface area (Å²) in [7, 11) is 0. The van der Waals surface area contributed by atoms with Gasteiger partial charge in [-0.2, -0.15) is 0 Å². The molecule has 3 aliphatic heterocycles. The second-order valence-corrected chi connectivity index (χ2v) is 9.67. The number of anilines is 2. The quantitative estimate of drug-likeness (QED) is 0.485. The average Bonchev–Trinajstić information content (AvgIpc) is 3.61. The predicted octanol–water partition coefficient (Wildman–Crippen LogP) is 4.79. The lowest BCUT2D eigenvalue weighted by Gasteiger charge is -2.20. The zero-order chi connectivity index (χ0) is 24.6. The monoisotopic (exact) mass is 497 g/mol. The minimum absolute atomic E-state index is 0.00263. The number of amides is 2. The first-order valence-electron chi connectivity index (χ1n) is 11.7. The van der Waals surface area contributed by atoms with Crippen molar-refractivity contribution in [2.24, 2.45) is 4.99 Å². The van der Waals surface area contributed by atoms with Gasteiger partial charge in [-0.05, 0) is 60.9 Å². The number of amidine groups is 1. The third-order valence-electron chi connectivity index (χ3n) is 6.33. The average molecular weight is 498 g/mol. The summed E-state index contributed by atoms with van der Waals surface area (Å²) < 4.78 is 10.8. The maximum absolute atomic E-state index is 13.5.